The van der Waals surface area contributed by atoms with E-state index in [2.05, 4.69) is 5.32 Å². The summed E-state index contributed by atoms with van der Waals surface area (Å²) in [6.45, 7) is 2.61. The van der Waals surface area contributed by atoms with E-state index in [1.807, 2.05) is 61.5 Å². The molecule has 2 aromatic carbocycles. The number of hydrogen-bond acceptors (Lipinski definition) is 4. The van der Waals surface area contributed by atoms with Crippen LogP contribution in [0.1, 0.15) is 51.0 Å². The number of benzene rings is 2. The first kappa shape index (κ1) is 23.6. The normalized spacial score (nSPS) is 14.6. The van der Waals surface area contributed by atoms with Crippen molar-refractivity contribution < 1.29 is 19.1 Å². The number of para-hydroxylation sites is 1. The van der Waals surface area contributed by atoms with E-state index >= 15 is 0 Å². The zero-order valence-corrected chi connectivity index (χ0v) is 19.1. The Morgan fingerprint density at radius 2 is 1.78 bits per heavy atom. The van der Waals surface area contributed by atoms with Crippen molar-refractivity contribution in [3.05, 3.63) is 60.2 Å². The summed E-state index contributed by atoms with van der Waals surface area (Å²) in [5, 5.41) is 3.13. The van der Waals surface area contributed by atoms with Gasteiger partial charge in [0, 0.05) is 19.0 Å². The number of amides is 2. The monoisotopic (exact) mass is 438 g/mol. The lowest BCUT2D eigenvalue weighted by Gasteiger charge is -2.30. The van der Waals surface area contributed by atoms with Crippen molar-refractivity contribution in [1.29, 1.82) is 0 Å². The second-order valence-electron chi connectivity index (χ2n) is 8.30. The van der Waals surface area contributed by atoms with Gasteiger partial charge >= 0.3 is 0 Å². The van der Waals surface area contributed by atoms with Gasteiger partial charge in [0.15, 0.2) is 0 Å². The molecule has 0 spiro atoms. The minimum atomic E-state index is -0.552. The Bertz CT molecular complexity index is 865. The van der Waals surface area contributed by atoms with E-state index in [1.54, 1.807) is 12.0 Å². The molecule has 1 saturated carbocycles. The zero-order valence-electron chi connectivity index (χ0n) is 19.1. The molecule has 1 aliphatic rings. The maximum atomic E-state index is 13.2. The highest BCUT2D eigenvalue weighted by Gasteiger charge is 2.28. The van der Waals surface area contributed by atoms with Gasteiger partial charge in [-0.15, -0.1) is 0 Å². The van der Waals surface area contributed by atoms with Crippen LogP contribution in [0.2, 0.25) is 0 Å². The third-order valence-corrected chi connectivity index (χ3v) is 5.90. The quantitative estimate of drug-likeness (QED) is 0.530. The van der Waals surface area contributed by atoms with Gasteiger partial charge < -0.3 is 19.7 Å². The van der Waals surface area contributed by atoms with E-state index in [4.69, 9.17) is 9.47 Å². The molecule has 6 heteroatoms. The van der Waals surface area contributed by atoms with Gasteiger partial charge in [0.05, 0.1) is 13.7 Å². The SMILES string of the molecule is COc1cccc(CN(C(=O)CCCOc2ccccc2)C(C)C(=O)NC2CCCC2)c1. The van der Waals surface area contributed by atoms with Crippen molar-refractivity contribution in [1.82, 2.24) is 10.2 Å². The highest BCUT2D eigenvalue weighted by Crippen LogP contribution is 2.20. The summed E-state index contributed by atoms with van der Waals surface area (Å²) in [6, 6.07) is 16.8. The Balaban J connectivity index is 1.62. The summed E-state index contributed by atoms with van der Waals surface area (Å²) in [4.78, 5) is 27.7. The molecule has 1 aliphatic carbocycles. The average Bonchev–Trinajstić information content (AvgIpc) is 3.33. The van der Waals surface area contributed by atoms with Crippen LogP contribution in [-0.4, -0.2) is 42.5 Å². The van der Waals surface area contributed by atoms with E-state index in [-0.39, 0.29) is 17.9 Å². The molecule has 0 aromatic heterocycles. The molecule has 6 nitrogen and oxygen atoms in total. The van der Waals surface area contributed by atoms with E-state index in [9.17, 15) is 9.59 Å². The first-order chi connectivity index (χ1) is 15.6. The lowest BCUT2D eigenvalue weighted by atomic mass is 10.1. The number of rotatable bonds is 11. The lowest BCUT2D eigenvalue weighted by molar-refractivity contribution is -0.141. The molecule has 1 N–H and O–H groups in total. The van der Waals surface area contributed by atoms with Crippen molar-refractivity contribution in [2.24, 2.45) is 0 Å². The van der Waals surface area contributed by atoms with Gasteiger partial charge in [-0.1, -0.05) is 43.2 Å². The Morgan fingerprint density at radius 1 is 1.06 bits per heavy atom. The summed E-state index contributed by atoms with van der Waals surface area (Å²) in [6.07, 6.45) is 5.22. The maximum absolute atomic E-state index is 13.2. The number of methoxy groups -OCH3 is 1. The minimum Gasteiger partial charge on any atom is -0.497 e. The average molecular weight is 439 g/mol. The van der Waals surface area contributed by atoms with Crippen LogP contribution < -0.4 is 14.8 Å². The van der Waals surface area contributed by atoms with Crippen LogP contribution in [0.25, 0.3) is 0 Å². The third kappa shape index (κ3) is 7.01. The van der Waals surface area contributed by atoms with E-state index in [1.165, 1.54) is 0 Å². The molecule has 0 bridgehead atoms. The molecular weight excluding hydrogens is 404 g/mol. The molecule has 1 fully saturated rings. The smallest absolute Gasteiger partial charge is 0.242 e. The molecule has 32 heavy (non-hydrogen) atoms. The first-order valence-corrected chi connectivity index (χ1v) is 11.5. The maximum Gasteiger partial charge on any atom is 0.242 e. The van der Waals surface area contributed by atoms with Crippen LogP contribution in [0, 0.1) is 0 Å². The number of nitrogens with one attached hydrogen (secondary N) is 1. The van der Waals surface area contributed by atoms with Gasteiger partial charge in [0.25, 0.3) is 0 Å². The summed E-state index contributed by atoms with van der Waals surface area (Å²) < 4.78 is 11.0. The second-order valence-corrected chi connectivity index (χ2v) is 8.30. The molecule has 1 atom stereocenters. The number of carbonyl (C=O) groups excluding carboxylic acids is 2. The zero-order chi connectivity index (χ0) is 22.8. The predicted molar refractivity (Wildman–Crippen MR) is 125 cm³/mol. The molecule has 1 unspecified atom stereocenters. The highest BCUT2D eigenvalue weighted by atomic mass is 16.5. The van der Waals surface area contributed by atoms with Crippen LogP contribution in [0.4, 0.5) is 0 Å². The van der Waals surface area contributed by atoms with Gasteiger partial charge in [-0.3, -0.25) is 9.59 Å². The molecule has 0 heterocycles. The first-order valence-electron chi connectivity index (χ1n) is 11.5. The predicted octanol–water partition coefficient (Wildman–Crippen LogP) is 4.33. The van der Waals surface area contributed by atoms with E-state index in [0.29, 0.717) is 26.0 Å². The van der Waals surface area contributed by atoms with Crippen molar-refractivity contribution in [3.8, 4) is 11.5 Å². The minimum absolute atomic E-state index is 0.0569. The van der Waals surface area contributed by atoms with Crippen molar-refractivity contribution in [3.63, 3.8) is 0 Å². The molecule has 0 aliphatic heterocycles. The van der Waals surface area contributed by atoms with Gasteiger partial charge in [0.2, 0.25) is 11.8 Å². The number of ether oxygens (including phenoxy) is 2. The molecule has 0 saturated heterocycles. The fourth-order valence-electron chi connectivity index (χ4n) is 4.02. The van der Waals surface area contributed by atoms with Crippen molar-refractivity contribution >= 4 is 11.8 Å². The van der Waals surface area contributed by atoms with Gasteiger partial charge in [-0.25, -0.2) is 0 Å². The summed E-state index contributed by atoms with van der Waals surface area (Å²) in [5.74, 6) is 1.37. The fourth-order valence-corrected chi connectivity index (χ4v) is 4.02. The van der Waals surface area contributed by atoms with Crippen molar-refractivity contribution in [2.45, 2.75) is 64.1 Å². The highest BCUT2D eigenvalue weighted by molar-refractivity contribution is 5.87. The Morgan fingerprint density at radius 3 is 2.50 bits per heavy atom. The topological polar surface area (TPSA) is 67.9 Å². The molecule has 2 aromatic rings. The summed E-state index contributed by atoms with van der Waals surface area (Å²) >= 11 is 0. The van der Waals surface area contributed by atoms with Crippen LogP contribution in [0.15, 0.2) is 54.6 Å². The van der Waals surface area contributed by atoms with Gasteiger partial charge in [-0.05, 0) is 56.0 Å². The molecule has 0 radical (unpaired) electrons. The fraction of sp³-hybridized carbons (Fsp3) is 0.462. The van der Waals surface area contributed by atoms with Crippen molar-refractivity contribution in [2.75, 3.05) is 13.7 Å². The largest absolute Gasteiger partial charge is 0.497 e. The standard InChI is InChI=1S/C26H34N2O4/c1-20(26(30)27-22-11-6-7-12-22)28(19-21-10-8-15-24(18-21)31-2)25(29)16-9-17-32-23-13-4-3-5-14-23/h3-5,8,10,13-15,18,20,22H,6-7,9,11-12,16-17,19H2,1-2H3,(H,27,30). The Hall–Kier alpha value is -3.02. The van der Waals surface area contributed by atoms with Crippen LogP contribution in [0.5, 0.6) is 11.5 Å². The second kappa shape index (κ2) is 12.1. The van der Waals surface area contributed by atoms with Gasteiger partial charge in [-0.2, -0.15) is 0 Å². The summed E-state index contributed by atoms with van der Waals surface area (Å²) in [7, 11) is 1.62. The van der Waals surface area contributed by atoms with E-state index < -0.39 is 6.04 Å². The summed E-state index contributed by atoms with van der Waals surface area (Å²) in [5.41, 5.74) is 0.929. The van der Waals surface area contributed by atoms with Gasteiger partial charge in [0.1, 0.15) is 17.5 Å². The molecule has 2 amide bonds. The van der Waals surface area contributed by atoms with Crippen LogP contribution in [-0.2, 0) is 16.1 Å². The third-order valence-electron chi connectivity index (χ3n) is 5.90. The van der Waals surface area contributed by atoms with Crippen LogP contribution >= 0.6 is 0 Å². The lowest BCUT2D eigenvalue weighted by Crippen LogP contribution is -2.49. The number of hydrogen-bond donors (Lipinski definition) is 1. The molecule has 3 rings (SSSR count). The molecular formula is C26H34N2O4. The number of carbonyl (C=O) groups is 2. The van der Waals surface area contributed by atoms with Crippen LogP contribution in [0.3, 0.4) is 0 Å². The molecule has 172 valence electrons. The Labute approximate surface area is 190 Å². The Kier molecular flexibility index (Phi) is 8.96. The number of nitrogens with zero attached hydrogens (tertiary/aromatic N) is 1. The van der Waals surface area contributed by atoms with E-state index in [0.717, 1.165) is 42.7 Å².